The molecule has 0 amide bonds. The summed E-state index contributed by atoms with van der Waals surface area (Å²) >= 11 is 0. The van der Waals surface area contributed by atoms with Crippen LogP contribution in [0.1, 0.15) is 43.8 Å². The molecule has 0 saturated carbocycles. The van der Waals surface area contributed by atoms with Crippen molar-refractivity contribution in [3.8, 4) is 0 Å². The van der Waals surface area contributed by atoms with Crippen LogP contribution in [0.3, 0.4) is 0 Å². The molecule has 4 nitrogen and oxygen atoms in total. The van der Waals surface area contributed by atoms with Gasteiger partial charge in [0.15, 0.2) is 0 Å². The van der Waals surface area contributed by atoms with Gasteiger partial charge >= 0.3 is 0 Å². The molecule has 1 aliphatic heterocycles. The first-order valence-corrected chi connectivity index (χ1v) is 8.35. The Hall–Kier alpha value is -0.840. The molecule has 120 valence electrons. The van der Waals surface area contributed by atoms with Gasteiger partial charge in [-0.05, 0) is 51.5 Å². The third kappa shape index (κ3) is 4.56. The van der Waals surface area contributed by atoms with Gasteiger partial charge in [-0.2, -0.15) is 0 Å². The van der Waals surface area contributed by atoms with Crippen molar-refractivity contribution in [1.82, 2.24) is 15.1 Å². The van der Waals surface area contributed by atoms with Crippen LogP contribution >= 0.6 is 0 Å². The van der Waals surface area contributed by atoms with E-state index in [1.807, 2.05) is 0 Å². The molecule has 0 aromatic carbocycles. The molecule has 1 atom stereocenters. The molecule has 1 aromatic rings. The second kappa shape index (κ2) is 7.97. The van der Waals surface area contributed by atoms with Crippen molar-refractivity contribution in [2.75, 3.05) is 33.2 Å². The van der Waals surface area contributed by atoms with Crippen molar-refractivity contribution in [2.45, 2.75) is 52.7 Å². The quantitative estimate of drug-likeness (QED) is 0.874. The van der Waals surface area contributed by atoms with Crippen LogP contribution in [0.25, 0.3) is 0 Å². The van der Waals surface area contributed by atoms with Crippen molar-refractivity contribution in [3.63, 3.8) is 0 Å². The summed E-state index contributed by atoms with van der Waals surface area (Å²) in [4.78, 5) is 5.05. The van der Waals surface area contributed by atoms with Gasteiger partial charge in [0, 0.05) is 19.1 Å². The Labute approximate surface area is 129 Å². The van der Waals surface area contributed by atoms with E-state index in [1.54, 1.807) is 0 Å². The highest BCUT2D eigenvalue weighted by Crippen LogP contribution is 2.20. The van der Waals surface area contributed by atoms with Crippen molar-refractivity contribution in [1.29, 1.82) is 0 Å². The lowest BCUT2D eigenvalue weighted by atomic mass is 10.1. The summed E-state index contributed by atoms with van der Waals surface area (Å²) in [6.07, 6.45) is 2.45. The standard InChI is InChI=1S/C17H31N3O/c1-5-15-12-19(4)8-7-9-20(15)13-16-10-14(3)17(21-16)11-18-6-2/h10,15,18H,5-9,11-13H2,1-4H3. The molecule has 1 fully saturated rings. The smallest absolute Gasteiger partial charge is 0.120 e. The Morgan fingerprint density at radius 1 is 1.33 bits per heavy atom. The molecule has 4 heteroatoms. The van der Waals surface area contributed by atoms with Crippen LogP contribution in [0.15, 0.2) is 10.5 Å². The predicted molar refractivity (Wildman–Crippen MR) is 87.4 cm³/mol. The number of aryl methyl sites for hydroxylation is 1. The lowest BCUT2D eigenvalue weighted by Crippen LogP contribution is -2.39. The molecular formula is C17H31N3O. The predicted octanol–water partition coefficient (Wildman–Crippen LogP) is 2.61. The van der Waals surface area contributed by atoms with E-state index in [-0.39, 0.29) is 0 Å². The van der Waals surface area contributed by atoms with E-state index < -0.39 is 0 Å². The summed E-state index contributed by atoms with van der Waals surface area (Å²) in [6.45, 7) is 12.9. The Morgan fingerprint density at radius 2 is 2.14 bits per heavy atom. The average Bonchev–Trinajstić information content (AvgIpc) is 2.70. The van der Waals surface area contributed by atoms with Crippen molar-refractivity contribution >= 4 is 0 Å². The molecule has 1 N–H and O–H groups in total. The van der Waals surface area contributed by atoms with E-state index in [9.17, 15) is 0 Å². The molecule has 2 rings (SSSR count). The minimum absolute atomic E-state index is 0.639. The van der Waals surface area contributed by atoms with E-state index in [4.69, 9.17) is 4.42 Å². The van der Waals surface area contributed by atoms with Gasteiger partial charge in [-0.3, -0.25) is 4.90 Å². The maximum absolute atomic E-state index is 6.06. The van der Waals surface area contributed by atoms with Crippen LogP contribution in [-0.4, -0.2) is 49.1 Å². The number of likely N-dealkylation sites (N-methyl/N-ethyl adjacent to an activating group) is 1. The van der Waals surface area contributed by atoms with Gasteiger partial charge in [-0.25, -0.2) is 0 Å². The zero-order chi connectivity index (χ0) is 15.2. The number of nitrogens with zero attached hydrogens (tertiary/aromatic N) is 2. The zero-order valence-electron chi connectivity index (χ0n) is 14.1. The summed E-state index contributed by atoms with van der Waals surface area (Å²) in [6, 6.07) is 2.86. The van der Waals surface area contributed by atoms with Gasteiger partial charge in [0.2, 0.25) is 0 Å². The van der Waals surface area contributed by atoms with Crippen LogP contribution in [0.2, 0.25) is 0 Å². The van der Waals surface area contributed by atoms with E-state index >= 15 is 0 Å². The molecular weight excluding hydrogens is 262 g/mol. The molecule has 1 aliphatic rings. The fourth-order valence-electron chi connectivity index (χ4n) is 3.17. The molecule has 1 unspecified atom stereocenters. The minimum atomic E-state index is 0.639. The van der Waals surface area contributed by atoms with Crippen LogP contribution in [0.4, 0.5) is 0 Å². The van der Waals surface area contributed by atoms with Gasteiger partial charge in [-0.15, -0.1) is 0 Å². The van der Waals surface area contributed by atoms with Crippen LogP contribution in [0, 0.1) is 6.92 Å². The summed E-state index contributed by atoms with van der Waals surface area (Å²) in [7, 11) is 2.23. The number of hydrogen-bond donors (Lipinski definition) is 1. The molecule has 1 saturated heterocycles. The summed E-state index contributed by atoms with van der Waals surface area (Å²) < 4.78 is 6.06. The van der Waals surface area contributed by atoms with Crippen molar-refractivity contribution in [2.24, 2.45) is 0 Å². The third-order valence-corrected chi connectivity index (χ3v) is 4.46. The molecule has 0 radical (unpaired) electrons. The lowest BCUT2D eigenvalue weighted by Gasteiger charge is -2.29. The molecule has 0 aliphatic carbocycles. The van der Waals surface area contributed by atoms with Gasteiger partial charge in [0.25, 0.3) is 0 Å². The van der Waals surface area contributed by atoms with Gasteiger partial charge in [0.1, 0.15) is 11.5 Å². The Kier molecular flexibility index (Phi) is 6.27. The second-order valence-corrected chi connectivity index (χ2v) is 6.25. The Balaban J connectivity index is 2.02. The number of hydrogen-bond acceptors (Lipinski definition) is 4. The Morgan fingerprint density at radius 3 is 2.86 bits per heavy atom. The zero-order valence-corrected chi connectivity index (χ0v) is 14.1. The highest BCUT2D eigenvalue weighted by atomic mass is 16.3. The highest BCUT2D eigenvalue weighted by molar-refractivity contribution is 5.20. The number of furan rings is 1. The van der Waals surface area contributed by atoms with E-state index in [0.717, 1.165) is 31.2 Å². The fourth-order valence-corrected chi connectivity index (χ4v) is 3.17. The first-order valence-electron chi connectivity index (χ1n) is 8.35. The second-order valence-electron chi connectivity index (χ2n) is 6.25. The van der Waals surface area contributed by atoms with Crippen molar-refractivity contribution in [3.05, 3.63) is 23.2 Å². The molecule has 2 heterocycles. The molecule has 1 aromatic heterocycles. The summed E-state index contributed by atoms with van der Waals surface area (Å²) in [5, 5.41) is 3.34. The van der Waals surface area contributed by atoms with E-state index in [2.05, 4.69) is 49.0 Å². The highest BCUT2D eigenvalue weighted by Gasteiger charge is 2.23. The van der Waals surface area contributed by atoms with Gasteiger partial charge < -0.3 is 14.6 Å². The molecule has 0 bridgehead atoms. The Bertz CT molecular complexity index is 430. The largest absolute Gasteiger partial charge is 0.463 e. The number of rotatable bonds is 6. The van der Waals surface area contributed by atoms with Crippen LogP contribution < -0.4 is 5.32 Å². The van der Waals surface area contributed by atoms with Gasteiger partial charge in [0.05, 0.1) is 13.1 Å². The van der Waals surface area contributed by atoms with E-state index in [0.29, 0.717) is 6.04 Å². The summed E-state index contributed by atoms with van der Waals surface area (Å²) in [5.74, 6) is 2.20. The maximum atomic E-state index is 6.06. The number of nitrogens with one attached hydrogen (secondary N) is 1. The first kappa shape index (κ1) is 16.5. The van der Waals surface area contributed by atoms with Gasteiger partial charge in [-0.1, -0.05) is 13.8 Å². The SMILES string of the molecule is CCNCc1oc(CN2CCCN(C)CC2CC)cc1C. The third-order valence-electron chi connectivity index (χ3n) is 4.46. The lowest BCUT2D eigenvalue weighted by molar-refractivity contribution is 0.163. The topological polar surface area (TPSA) is 31.7 Å². The van der Waals surface area contributed by atoms with Crippen LogP contribution in [-0.2, 0) is 13.1 Å². The van der Waals surface area contributed by atoms with E-state index in [1.165, 1.54) is 38.0 Å². The van der Waals surface area contributed by atoms with Crippen molar-refractivity contribution < 1.29 is 4.42 Å². The summed E-state index contributed by atoms with van der Waals surface area (Å²) in [5.41, 5.74) is 1.27. The monoisotopic (exact) mass is 293 g/mol. The average molecular weight is 293 g/mol. The normalized spacial score (nSPS) is 21.6. The van der Waals surface area contributed by atoms with Crippen LogP contribution in [0.5, 0.6) is 0 Å². The molecule has 21 heavy (non-hydrogen) atoms. The fraction of sp³-hybridized carbons (Fsp3) is 0.765. The first-order chi connectivity index (χ1) is 10.1. The molecule has 0 spiro atoms. The minimum Gasteiger partial charge on any atom is -0.463 e. The maximum Gasteiger partial charge on any atom is 0.120 e.